The quantitative estimate of drug-likeness (QED) is 0.323. The highest BCUT2D eigenvalue weighted by Gasteiger charge is 2.37. The molecule has 0 nitrogen and oxygen atoms in total. The number of hydrogen-bond acceptors (Lipinski definition) is 0. The molecule has 2 atom stereocenters. The van der Waals surface area contributed by atoms with Gasteiger partial charge in [0, 0.05) is 0 Å². The van der Waals surface area contributed by atoms with Gasteiger partial charge in [-0.15, -0.1) is 0 Å². The zero-order valence-electron chi connectivity index (χ0n) is 14.1. The first-order chi connectivity index (χ1) is 8.43. The van der Waals surface area contributed by atoms with Gasteiger partial charge < -0.3 is 0 Å². The van der Waals surface area contributed by atoms with Crippen LogP contribution in [0.3, 0.4) is 0 Å². The van der Waals surface area contributed by atoms with Gasteiger partial charge in [-0.2, -0.15) is 0 Å². The highest BCUT2D eigenvalue weighted by molar-refractivity contribution is 6.15. The van der Waals surface area contributed by atoms with Gasteiger partial charge in [0.1, 0.15) is 7.85 Å². The van der Waals surface area contributed by atoms with E-state index in [1.807, 2.05) is 0 Å². The molecule has 1 heteroatoms. The number of rotatable bonds is 11. The summed E-state index contributed by atoms with van der Waals surface area (Å²) < 4.78 is 0. The Kier molecular flexibility index (Phi) is 9.08. The summed E-state index contributed by atoms with van der Waals surface area (Å²) in [7, 11) is 2.48. The molecule has 0 heterocycles. The molecule has 0 aromatic heterocycles. The van der Waals surface area contributed by atoms with Gasteiger partial charge in [-0.25, -0.2) is 0 Å². The molecule has 0 aliphatic heterocycles. The lowest BCUT2D eigenvalue weighted by molar-refractivity contribution is 0.167. The fraction of sp³-hybridized carbons (Fsp3) is 1.00. The van der Waals surface area contributed by atoms with Crippen LogP contribution in [-0.2, 0) is 0 Å². The lowest BCUT2D eigenvalue weighted by atomic mass is 9.50. The lowest BCUT2D eigenvalue weighted by Gasteiger charge is -2.45. The van der Waals surface area contributed by atoms with Crippen LogP contribution in [0, 0.1) is 5.41 Å². The molecule has 0 aliphatic rings. The Morgan fingerprint density at radius 2 is 1.22 bits per heavy atom. The molecule has 0 saturated heterocycles. The van der Waals surface area contributed by atoms with E-state index in [1.54, 1.807) is 0 Å². The Labute approximate surface area is 118 Å². The van der Waals surface area contributed by atoms with E-state index in [4.69, 9.17) is 0 Å². The van der Waals surface area contributed by atoms with Gasteiger partial charge in [-0.05, 0) is 18.3 Å². The maximum Gasteiger partial charge on any atom is 0.109 e. The van der Waals surface area contributed by atoms with E-state index in [0.29, 0.717) is 10.7 Å². The molecule has 2 unspecified atom stereocenters. The van der Waals surface area contributed by atoms with E-state index in [2.05, 4.69) is 42.5 Å². The Hall–Kier alpha value is 0.0649. The van der Waals surface area contributed by atoms with Crippen LogP contribution in [-0.4, -0.2) is 7.85 Å². The Bertz CT molecular complexity index is 198. The minimum atomic E-state index is 0.493. The van der Waals surface area contributed by atoms with Crippen molar-refractivity contribution in [1.29, 1.82) is 0 Å². The third-order valence-electron chi connectivity index (χ3n) is 5.43. The van der Waals surface area contributed by atoms with E-state index in [9.17, 15) is 0 Å². The fourth-order valence-electron chi connectivity index (χ4n) is 2.91. The van der Waals surface area contributed by atoms with Gasteiger partial charge in [0.15, 0.2) is 0 Å². The van der Waals surface area contributed by atoms with E-state index >= 15 is 0 Å². The van der Waals surface area contributed by atoms with Crippen LogP contribution in [0.1, 0.15) is 98.8 Å². The van der Waals surface area contributed by atoms with Crippen molar-refractivity contribution in [1.82, 2.24) is 0 Å². The Balaban J connectivity index is 4.30. The Morgan fingerprint density at radius 1 is 0.722 bits per heavy atom. The predicted molar refractivity (Wildman–Crippen MR) is 88.2 cm³/mol. The third kappa shape index (κ3) is 5.80. The van der Waals surface area contributed by atoms with Crippen molar-refractivity contribution in [3.05, 3.63) is 0 Å². The van der Waals surface area contributed by atoms with Crippen LogP contribution in [0.25, 0.3) is 0 Å². The SMILES string of the molecule is BC(C)(CC)C(C)(CCCC)CCCCCCC. The minimum Gasteiger partial charge on any atom is -0.0664 e. The molecule has 18 heavy (non-hydrogen) atoms. The molecule has 0 aromatic rings. The highest BCUT2D eigenvalue weighted by Crippen LogP contribution is 2.52. The second-order valence-corrected chi connectivity index (χ2v) is 7.07. The highest BCUT2D eigenvalue weighted by atomic mass is 14.4. The van der Waals surface area contributed by atoms with Crippen molar-refractivity contribution in [2.45, 2.75) is 104 Å². The average molecular weight is 252 g/mol. The normalized spacial score (nSPS) is 18.3. The molecule has 0 amide bonds. The van der Waals surface area contributed by atoms with Crippen molar-refractivity contribution in [2.75, 3.05) is 0 Å². The molecular formula is C17H37B. The topological polar surface area (TPSA) is 0 Å². The molecule has 0 fully saturated rings. The second-order valence-electron chi connectivity index (χ2n) is 7.07. The third-order valence-corrected chi connectivity index (χ3v) is 5.43. The van der Waals surface area contributed by atoms with Crippen LogP contribution in [0.5, 0.6) is 0 Å². The summed E-state index contributed by atoms with van der Waals surface area (Å²) in [4.78, 5) is 0. The summed E-state index contributed by atoms with van der Waals surface area (Å²) in [5.41, 5.74) is 0.546. The summed E-state index contributed by atoms with van der Waals surface area (Å²) in [5, 5.41) is 0.493. The molecule has 108 valence electrons. The average Bonchev–Trinajstić information content (AvgIpc) is 2.36. The molecule has 0 rings (SSSR count). The maximum atomic E-state index is 2.55. The molecule has 0 radical (unpaired) electrons. The molecule has 0 aromatic carbocycles. The van der Waals surface area contributed by atoms with E-state index in [1.165, 1.54) is 64.2 Å². The summed E-state index contributed by atoms with van der Waals surface area (Å²) in [6, 6.07) is 0. The van der Waals surface area contributed by atoms with Gasteiger partial charge in [-0.3, -0.25) is 0 Å². The Morgan fingerprint density at radius 3 is 1.72 bits per heavy atom. The van der Waals surface area contributed by atoms with Crippen LogP contribution in [0.2, 0.25) is 5.31 Å². The summed E-state index contributed by atoms with van der Waals surface area (Å²) in [6.07, 6.45) is 14.0. The first kappa shape index (κ1) is 18.1. The van der Waals surface area contributed by atoms with Crippen LogP contribution in [0.4, 0.5) is 0 Å². The lowest BCUT2D eigenvalue weighted by Crippen LogP contribution is -2.32. The number of unbranched alkanes of at least 4 members (excludes halogenated alkanes) is 5. The number of hydrogen-bond donors (Lipinski definition) is 0. The smallest absolute Gasteiger partial charge is 0.0664 e. The van der Waals surface area contributed by atoms with Gasteiger partial charge in [-0.1, -0.05) is 91.3 Å². The van der Waals surface area contributed by atoms with Crippen molar-refractivity contribution in [3.8, 4) is 0 Å². The summed E-state index contributed by atoms with van der Waals surface area (Å²) >= 11 is 0. The standard InChI is InChI=1S/C17H37B/c1-6-9-11-12-13-15-16(4,14-10-7-2)17(5,18)8-3/h6-15,18H2,1-5H3. The minimum absolute atomic E-state index is 0.493. The predicted octanol–water partition coefficient (Wildman–Crippen LogP) is 5.77. The van der Waals surface area contributed by atoms with Crippen molar-refractivity contribution in [3.63, 3.8) is 0 Å². The van der Waals surface area contributed by atoms with Gasteiger partial charge in [0.05, 0.1) is 0 Å². The fourth-order valence-corrected chi connectivity index (χ4v) is 2.91. The van der Waals surface area contributed by atoms with Crippen molar-refractivity contribution in [2.24, 2.45) is 5.41 Å². The maximum absolute atomic E-state index is 2.55. The summed E-state index contributed by atoms with van der Waals surface area (Å²) in [5.74, 6) is 0. The zero-order chi connectivity index (χ0) is 14.1. The molecule has 0 N–H and O–H groups in total. The molecule has 0 aliphatic carbocycles. The van der Waals surface area contributed by atoms with Crippen molar-refractivity contribution < 1.29 is 0 Å². The molecular weight excluding hydrogens is 215 g/mol. The van der Waals surface area contributed by atoms with E-state index in [-0.39, 0.29) is 0 Å². The molecule has 0 bridgehead atoms. The monoisotopic (exact) mass is 252 g/mol. The first-order valence-corrected chi connectivity index (χ1v) is 8.43. The largest absolute Gasteiger partial charge is 0.109 e. The van der Waals surface area contributed by atoms with Crippen LogP contribution < -0.4 is 0 Å². The second kappa shape index (κ2) is 9.05. The van der Waals surface area contributed by atoms with E-state index < -0.39 is 0 Å². The first-order valence-electron chi connectivity index (χ1n) is 8.43. The van der Waals surface area contributed by atoms with Gasteiger partial charge >= 0.3 is 0 Å². The zero-order valence-corrected chi connectivity index (χ0v) is 14.1. The van der Waals surface area contributed by atoms with Gasteiger partial charge in [0.2, 0.25) is 0 Å². The van der Waals surface area contributed by atoms with Crippen LogP contribution in [0.15, 0.2) is 0 Å². The van der Waals surface area contributed by atoms with Crippen LogP contribution >= 0.6 is 0 Å². The summed E-state index contributed by atoms with van der Waals surface area (Å²) in [6.45, 7) is 12.0. The molecule has 0 saturated carbocycles. The molecule has 0 spiro atoms. The van der Waals surface area contributed by atoms with E-state index in [0.717, 1.165) is 0 Å². The van der Waals surface area contributed by atoms with Gasteiger partial charge in [0.25, 0.3) is 0 Å². The van der Waals surface area contributed by atoms with Crippen molar-refractivity contribution >= 4 is 7.85 Å².